The summed E-state index contributed by atoms with van der Waals surface area (Å²) in [7, 11) is 0. The summed E-state index contributed by atoms with van der Waals surface area (Å²) in [6, 6.07) is 2.52. The molecule has 0 aliphatic heterocycles. The number of nitrogens with two attached hydrogens (primary N) is 1. The molecule has 3 nitrogen and oxygen atoms in total. The predicted octanol–water partition coefficient (Wildman–Crippen LogP) is 1.84. The van der Waals surface area contributed by atoms with Gasteiger partial charge in [-0.05, 0) is 6.07 Å². The van der Waals surface area contributed by atoms with Crippen LogP contribution in [0.3, 0.4) is 0 Å². The van der Waals surface area contributed by atoms with Gasteiger partial charge in [0.05, 0.1) is 22.2 Å². The van der Waals surface area contributed by atoms with E-state index in [-0.39, 0.29) is 33.7 Å². The van der Waals surface area contributed by atoms with E-state index in [2.05, 4.69) is 0 Å². The predicted molar refractivity (Wildman–Crippen MR) is 51.5 cm³/mol. The summed E-state index contributed by atoms with van der Waals surface area (Å²) in [6.07, 6.45) is 0. The summed E-state index contributed by atoms with van der Waals surface area (Å²) in [4.78, 5) is 11.1. The van der Waals surface area contributed by atoms with Gasteiger partial charge >= 0.3 is 0 Å². The normalized spacial score (nSPS) is 10.1. The molecule has 1 rings (SSSR count). The summed E-state index contributed by atoms with van der Waals surface area (Å²) in [5, 5.41) is 9.72. The molecule has 0 aliphatic rings. The number of carbonyl (C=O) groups is 1. The number of rotatable bonds is 2. The van der Waals surface area contributed by atoms with Crippen molar-refractivity contribution in [3.63, 3.8) is 0 Å². The van der Waals surface area contributed by atoms with Gasteiger partial charge in [0.15, 0.2) is 5.78 Å². The minimum Gasteiger partial charge on any atom is -0.507 e. The van der Waals surface area contributed by atoms with Crippen LogP contribution in [0, 0.1) is 0 Å². The van der Waals surface area contributed by atoms with E-state index in [0.29, 0.717) is 0 Å². The molecule has 1 aromatic rings. The largest absolute Gasteiger partial charge is 0.507 e. The van der Waals surface area contributed by atoms with Crippen LogP contribution in [0.2, 0.25) is 10.0 Å². The van der Waals surface area contributed by atoms with Crippen LogP contribution in [-0.4, -0.2) is 17.4 Å². The second kappa shape index (κ2) is 3.96. The highest BCUT2D eigenvalue weighted by Crippen LogP contribution is 2.29. The van der Waals surface area contributed by atoms with Gasteiger partial charge < -0.3 is 10.8 Å². The van der Waals surface area contributed by atoms with Crippen molar-refractivity contribution in [2.75, 3.05) is 6.54 Å². The van der Waals surface area contributed by atoms with Gasteiger partial charge in [0.25, 0.3) is 0 Å². The molecular weight excluding hydrogens is 213 g/mol. The van der Waals surface area contributed by atoms with Crippen molar-refractivity contribution in [2.45, 2.75) is 0 Å². The zero-order valence-corrected chi connectivity index (χ0v) is 8.06. The van der Waals surface area contributed by atoms with E-state index in [1.807, 2.05) is 0 Å². The van der Waals surface area contributed by atoms with Crippen molar-refractivity contribution in [3.8, 4) is 5.75 Å². The molecule has 0 spiro atoms. The molecule has 0 fully saturated rings. The van der Waals surface area contributed by atoms with E-state index in [4.69, 9.17) is 28.9 Å². The fraction of sp³-hybridized carbons (Fsp3) is 0.125. The van der Waals surface area contributed by atoms with E-state index in [1.165, 1.54) is 12.1 Å². The van der Waals surface area contributed by atoms with Crippen molar-refractivity contribution in [1.29, 1.82) is 0 Å². The highest BCUT2D eigenvalue weighted by Gasteiger charge is 2.12. The van der Waals surface area contributed by atoms with Gasteiger partial charge in [-0.25, -0.2) is 0 Å². The van der Waals surface area contributed by atoms with Gasteiger partial charge in [-0.3, -0.25) is 4.79 Å². The van der Waals surface area contributed by atoms with Crippen molar-refractivity contribution in [1.82, 2.24) is 0 Å². The number of ketones is 1. The molecule has 0 heterocycles. The molecule has 0 saturated carbocycles. The maximum absolute atomic E-state index is 11.1. The number of halogens is 2. The molecule has 13 heavy (non-hydrogen) atoms. The number of carbonyl (C=O) groups excluding carboxylic acids is 1. The summed E-state index contributed by atoms with van der Waals surface area (Å²) >= 11 is 11.3. The van der Waals surface area contributed by atoms with Gasteiger partial charge in [-0.1, -0.05) is 23.2 Å². The third-order valence-electron chi connectivity index (χ3n) is 1.52. The number of Topliss-reactive ketones (excluding diaryl/α,β-unsaturated/α-hetero) is 1. The molecule has 5 heteroatoms. The first-order chi connectivity index (χ1) is 6.06. The average Bonchev–Trinajstić information content (AvgIpc) is 2.10. The molecule has 1 aromatic carbocycles. The molecule has 70 valence electrons. The summed E-state index contributed by atoms with van der Waals surface area (Å²) in [5.41, 5.74) is 5.22. The second-order valence-corrected chi connectivity index (χ2v) is 3.23. The van der Waals surface area contributed by atoms with E-state index in [0.717, 1.165) is 0 Å². The van der Waals surface area contributed by atoms with Crippen molar-refractivity contribution in [3.05, 3.63) is 27.7 Å². The van der Waals surface area contributed by atoms with Crippen LogP contribution in [0.15, 0.2) is 12.1 Å². The molecule has 0 atom stereocenters. The molecule has 0 amide bonds. The molecule has 0 radical (unpaired) electrons. The molecule has 0 unspecified atom stereocenters. The standard InChI is InChI=1S/C8H7Cl2NO2/c9-5-1-4(8(13)3-11)7(12)2-6(5)10/h1-2,12H,3,11H2. The SMILES string of the molecule is NCC(=O)c1cc(Cl)c(Cl)cc1O. The minimum atomic E-state index is -0.379. The van der Waals surface area contributed by atoms with E-state index < -0.39 is 0 Å². The number of benzene rings is 1. The Bertz CT molecular complexity index is 352. The van der Waals surface area contributed by atoms with Gasteiger partial charge in [-0.2, -0.15) is 0 Å². The molecule has 0 saturated heterocycles. The quantitative estimate of drug-likeness (QED) is 0.747. The first-order valence-corrected chi connectivity index (χ1v) is 4.23. The van der Waals surface area contributed by atoms with E-state index >= 15 is 0 Å². The smallest absolute Gasteiger partial charge is 0.180 e. The second-order valence-electron chi connectivity index (χ2n) is 2.41. The monoisotopic (exact) mass is 219 g/mol. The molecule has 0 aliphatic carbocycles. The third-order valence-corrected chi connectivity index (χ3v) is 2.25. The Morgan fingerprint density at radius 3 is 2.46 bits per heavy atom. The maximum atomic E-state index is 11.1. The summed E-state index contributed by atoms with van der Waals surface area (Å²) < 4.78 is 0. The lowest BCUT2D eigenvalue weighted by Crippen LogP contribution is -2.13. The summed E-state index contributed by atoms with van der Waals surface area (Å²) in [5.74, 6) is -0.582. The van der Waals surface area contributed by atoms with Crippen molar-refractivity contribution < 1.29 is 9.90 Å². The van der Waals surface area contributed by atoms with Crippen LogP contribution in [0.4, 0.5) is 0 Å². The minimum absolute atomic E-state index is 0.0944. The number of hydrogen-bond donors (Lipinski definition) is 2. The number of aromatic hydroxyl groups is 1. The van der Waals surface area contributed by atoms with Gasteiger partial charge in [-0.15, -0.1) is 0 Å². The Labute approximate surface area is 85.1 Å². The maximum Gasteiger partial charge on any atom is 0.180 e. The van der Waals surface area contributed by atoms with Gasteiger partial charge in [0.1, 0.15) is 5.75 Å². The van der Waals surface area contributed by atoms with Crippen LogP contribution in [0.5, 0.6) is 5.75 Å². The van der Waals surface area contributed by atoms with E-state index in [1.54, 1.807) is 0 Å². The fourth-order valence-corrected chi connectivity index (χ4v) is 1.19. The fourth-order valence-electron chi connectivity index (χ4n) is 0.870. The Kier molecular flexibility index (Phi) is 3.14. The summed E-state index contributed by atoms with van der Waals surface area (Å²) in [6.45, 7) is -0.175. The van der Waals surface area contributed by atoms with Crippen molar-refractivity contribution >= 4 is 29.0 Å². The molecular formula is C8H7Cl2NO2. The Morgan fingerprint density at radius 1 is 1.38 bits per heavy atom. The number of hydrogen-bond acceptors (Lipinski definition) is 3. The Hall–Kier alpha value is -0.770. The van der Waals surface area contributed by atoms with Crippen LogP contribution < -0.4 is 5.73 Å². The highest BCUT2D eigenvalue weighted by molar-refractivity contribution is 6.42. The van der Waals surface area contributed by atoms with E-state index in [9.17, 15) is 9.90 Å². The highest BCUT2D eigenvalue weighted by atomic mass is 35.5. The van der Waals surface area contributed by atoms with Crippen LogP contribution in [0.1, 0.15) is 10.4 Å². The zero-order valence-electron chi connectivity index (χ0n) is 6.55. The Balaban J connectivity index is 3.23. The van der Waals surface area contributed by atoms with Crippen LogP contribution in [-0.2, 0) is 0 Å². The lowest BCUT2D eigenvalue weighted by Gasteiger charge is -2.03. The third kappa shape index (κ3) is 2.12. The first-order valence-electron chi connectivity index (χ1n) is 3.47. The van der Waals surface area contributed by atoms with Crippen LogP contribution >= 0.6 is 23.2 Å². The average molecular weight is 220 g/mol. The van der Waals surface area contributed by atoms with Gasteiger partial charge in [0, 0.05) is 6.07 Å². The Morgan fingerprint density at radius 2 is 1.92 bits per heavy atom. The molecule has 3 N–H and O–H groups in total. The van der Waals surface area contributed by atoms with Crippen LogP contribution in [0.25, 0.3) is 0 Å². The lowest BCUT2D eigenvalue weighted by atomic mass is 10.1. The number of phenolic OH excluding ortho intramolecular Hbond substituents is 1. The molecule has 0 bridgehead atoms. The van der Waals surface area contributed by atoms with Crippen molar-refractivity contribution in [2.24, 2.45) is 5.73 Å². The topological polar surface area (TPSA) is 63.3 Å². The first kappa shape index (κ1) is 10.3. The van der Waals surface area contributed by atoms with Gasteiger partial charge in [0.2, 0.25) is 0 Å². The lowest BCUT2D eigenvalue weighted by molar-refractivity contribution is 0.0999. The zero-order chi connectivity index (χ0) is 10.0. The molecule has 0 aromatic heterocycles. The number of phenols is 1.